The van der Waals surface area contributed by atoms with Crippen LogP contribution in [0.15, 0.2) is 22.7 Å². The van der Waals surface area contributed by atoms with Gasteiger partial charge in [0.25, 0.3) is 6.01 Å². The molecule has 0 saturated heterocycles. The second-order valence-electron chi connectivity index (χ2n) is 7.45. The van der Waals surface area contributed by atoms with Gasteiger partial charge in [0.2, 0.25) is 0 Å². The molecule has 0 radical (unpaired) electrons. The zero-order valence-corrected chi connectivity index (χ0v) is 17.3. The van der Waals surface area contributed by atoms with Gasteiger partial charge in [0.15, 0.2) is 0 Å². The minimum Gasteiger partial charge on any atom is -0.461 e. The number of rotatable bonds is 7. The van der Waals surface area contributed by atoms with Gasteiger partial charge in [0, 0.05) is 24.5 Å². The van der Waals surface area contributed by atoms with E-state index in [4.69, 9.17) is 9.47 Å². The molecule has 1 aromatic carbocycles. The van der Waals surface area contributed by atoms with Crippen LogP contribution in [-0.4, -0.2) is 34.1 Å². The van der Waals surface area contributed by atoms with Crippen molar-refractivity contribution in [3.8, 4) is 6.01 Å². The van der Waals surface area contributed by atoms with Gasteiger partial charge in [-0.05, 0) is 56.7 Å². The van der Waals surface area contributed by atoms with E-state index in [1.165, 1.54) is 0 Å². The Labute approximate surface area is 163 Å². The van der Waals surface area contributed by atoms with Gasteiger partial charge in [0.05, 0.1) is 17.1 Å². The highest BCUT2D eigenvalue weighted by atomic mass is 79.9. The lowest BCUT2D eigenvalue weighted by Gasteiger charge is -2.29. The van der Waals surface area contributed by atoms with Crippen molar-refractivity contribution >= 4 is 32.7 Å². The minimum atomic E-state index is 0.184. The summed E-state index contributed by atoms with van der Waals surface area (Å²) in [6.45, 7) is 4.37. The lowest BCUT2D eigenvalue weighted by atomic mass is 9.95. The van der Waals surface area contributed by atoms with Crippen LogP contribution >= 0.6 is 15.9 Å². The average molecular weight is 423 g/mol. The number of halogens is 1. The smallest absolute Gasteiger partial charge is 0.297 e. The number of fused-ring (bicyclic) bond motifs is 1. The normalized spacial score (nSPS) is 21.7. The molecule has 0 aliphatic heterocycles. The van der Waals surface area contributed by atoms with E-state index in [0.29, 0.717) is 25.0 Å². The first-order valence-corrected chi connectivity index (χ1v) is 10.1. The fourth-order valence-electron chi connectivity index (χ4n) is 3.56. The molecular weight excluding hydrogens is 396 g/mol. The number of imidazole rings is 1. The molecule has 0 amide bonds. The van der Waals surface area contributed by atoms with Gasteiger partial charge in [-0.2, -0.15) is 4.98 Å². The van der Waals surface area contributed by atoms with Gasteiger partial charge < -0.3 is 14.3 Å². The maximum atomic E-state index is 11.2. The Hall–Kier alpha value is -1.40. The molecule has 1 heterocycles. The Bertz CT molecular complexity index is 766. The number of aromatic nitrogens is 2. The fraction of sp³-hybridized carbons (Fsp3) is 0.600. The quantitative estimate of drug-likeness (QED) is 0.650. The first-order chi connectivity index (χ1) is 12.4. The molecule has 1 saturated carbocycles. The predicted molar refractivity (Wildman–Crippen MR) is 106 cm³/mol. The Morgan fingerprint density at radius 2 is 2.00 bits per heavy atom. The standard InChI is InChI=1S/C20H27BrN2O3/c1-13(10-14(2)24)12-25-16-5-7-17(8-6-16)26-20-22-18-9-4-15(21)11-19(18)23(20)3/h4,9,11,13,16-17H,5-8,10,12H2,1-3H3/t13-,16?,17?/m1/s1. The highest BCUT2D eigenvalue weighted by Gasteiger charge is 2.25. The number of ether oxygens (including phenoxy) is 2. The van der Waals surface area contributed by atoms with E-state index in [1.807, 2.05) is 23.7 Å². The molecule has 1 aliphatic rings. The van der Waals surface area contributed by atoms with Gasteiger partial charge in [-0.1, -0.05) is 22.9 Å². The molecule has 0 N–H and O–H groups in total. The second-order valence-corrected chi connectivity index (χ2v) is 8.36. The van der Waals surface area contributed by atoms with Gasteiger partial charge in [-0.15, -0.1) is 0 Å². The van der Waals surface area contributed by atoms with E-state index >= 15 is 0 Å². The molecule has 0 spiro atoms. The minimum absolute atomic E-state index is 0.184. The van der Waals surface area contributed by atoms with Crippen molar-refractivity contribution in [2.24, 2.45) is 13.0 Å². The SMILES string of the molecule is CC(=O)C[C@@H](C)COC1CCC(Oc2nc3ccc(Br)cc3n2C)CC1. The molecule has 0 unspecified atom stereocenters. The first kappa shape index (κ1) is 19.4. The van der Waals surface area contributed by atoms with Gasteiger partial charge in [-0.25, -0.2) is 0 Å². The van der Waals surface area contributed by atoms with Crippen LogP contribution < -0.4 is 4.74 Å². The molecule has 142 valence electrons. The molecule has 6 heteroatoms. The number of nitrogens with zero attached hydrogens (tertiary/aromatic N) is 2. The molecule has 1 fully saturated rings. The van der Waals surface area contributed by atoms with E-state index in [2.05, 4.69) is 33.9 Å². The summed E-state index contributed by atoms with van der Waals surface area (Å²) in [5, 5.41) is 0. The van der Waals surface area contributed by atoms with Gasteiger partial charge in [0.1, 0.15) is 11.9 Å². The Kier molecular flexibility index (Phi) is 6.35. The molecule has 26 heavy (non-hydrogen) atoms. The van der Waals surface area contributed by atoms with Crippen LogP contribution in [0.5, 0.6) is 6.01 Å². The topological polar surface area (TPSA) is 53.4 Å². The number of hydrogen-bond donors (Lipinski definition) is 0. The van der Waals surface area contributed by atoms with Crippen LogP contribution in [0.1, 0.15) is 46.0 Å². The molecule has 5 nitrogen and oxygen atoms in total. The van der Waals surface area contributed by atoms with E-state index in [0.717, 1.165) is 41.2 Å². The van der Waals surface area contributed by atoms with Crippen LogP contribution in [0.4, 0.5) is 0 Å². The molecule has 1 aliphatic carbocycles. The zero-order valence-electron chi connectivity index (χ0n) is 15.7. The highest BCUT2D eigenvalue weighted by molar-refractivity contribution is 9.10. The van der Waals surface area contributed by atoms with E-state index in [1.54, 1.807) is 6.92 Å². The van der Waals surface area contributed by atoms with E-state index < -0.39 is 0 Å². The third-order valence-corrected chi connectivity index (χ3v) is 5.44. The van der Waals surface area contributed by atoms with E-state index in [-0.39, 0.29) is 18.0 Å². The Morgan fingerprint density at radius 1 is 1.31 bits per heavy atom. The summed E-state index contributed by atoms with van der Waals surface area (Å²) in [4.78, 5) is 15.8. The first-order valence-electron chi connectivity index (χ1n) is 9.32. The van der Waals surface area contributed by atoms with Crippen molar-refractivity contribution in [3.63, 3.8) is 0 Å². The van der Waals surface area contributed by atoms with Crippen LogP contribution in [0.3, 0.4) is 0 Å². The summed E-state index contributed by atoms with van der Waals surface area (Å²) in [5.74, 6) is 0.522. The Balaban J connectivity index is 1.50. The third kappa shape index (κ3) is 4.86. The van der Waals surface area contributed by atoms with Crippen molar-refractivity contribution in [2.45, 2.75) is 58.2 Å². The maximum absolute atomic E-state index is 11.2. The summed E-state index contributed by atoms with van der Waals surface area (Å²) < 4.78 is 15.2. The van der Waals surface area contributed by atoms with Crippen LogP contribution in [0.25, 0.3) is 11.0 Å². The second kappa shape index (κ2) is 8.53. The predicted octanol–water partition coefficient (Wildman–Crippen LogP) is 4.66. The van der Waals surface area contributed by atoms with E-state index in [9.17, 15) is 4.79 Å². The van der Waals surface area contributed by atoms with Crippen LogP contribution in [0.2, 0.25) is 0 Å². The number of carbonyl (C=O) groups excluding carboxylic acids is 1. The third-order valence-electron chi connectivity index (χ3n) is 4.95. The molecule has 0 bridgehead atoms. The number of aryl methyl sites for hydroxylation is 1. The summed E-state index contributed by atoms with van der Waals surface area (Å²) in [6, 6.07) is 6.73. The summed E-state index contributed by atoms with van der Waals surface area (Å²) >= 11 is 3.50. The molecule has 1 aromatic heterocycles. The van der Waals surface area contributed by atoms with Crippen LogP contribution in [0, 0.1) is 5.92 Å². The van der Waals surface area contributed by atoms with Gasteiger partial charge in [-0.3, -0.25) is 4.57 Å². The van der Waals surface area contributed by atoms with Crippen molar-refractivity contribution < 1.29 is 14.3 Å². The lowest BCUT2D eigenvalue weighted by Crippen LogP contribution is -2.30. The van der Waals surface area contributed by atoms with Crippen molar-refractivity contribution in [3.05, 3.63) is 22.7 Å². The summed E-state index contributed by atoms with van der Waals surface area (Å²) in [5.41, 5.74) is 2.01. The zero-order chi connectivity index (χ0) is 18.7. The fourth-order valence-corrected chi connectivity index (χ4v) is 3.91. The number of Topliss-reactive ketones (excluding diaryl/α,β-unsaturated/α-hetero) is 1. The van der Waals surface area contributed by atoms with Crippen molar-refractivity contribution in [1.29, 1.82) is 0 Å². The van der Waals surface area contributed by atoms with Crippen LogP contribution in [-0.2, 0) is 16.6 Å². The Morgan fingerprint density at radius 3 is 2.69 bits per heavy atom. The summed E-state index contributed by atoms with van der Waals surface area (Å²) in [6.07, 6.45) is 4.99. The number of benzene rings is 1. The molecule has 3 rings (SSSR count). The van der Waals surface area contributed by atoms with Gasteiger partial charge >= 0.3 is 0 Å². The number of carbonyl (C=O) groups is 1. The largest absolute Gasteiger partial charge is 0.461 e. The average Bonchev–Trinajstić information content (AvgIpc) is 2.89. The maximum Gasteiger partial charge on any atom is 0.297 e. The van der Waals surface area contributed by atoms with Crippen molar-refractivity contribution in [2.75, 3.05) is 6.61 Å². The molecule has 1 atom stereocenters. The number of ketones is 1. The highest BCUT2D eigenvalue weighted by Crippen LogP contribution is 2.28. The monoisotopic (exact) mass is 422 g/mol. The molecule has 2 aromatic rings. The van der Waals surface area contributed by atoms with Crippen molar-refractivity contribution in [1.82, 2.24) is 9.55 Å². The lowest BCUT2D eigenvalue weighted by molar-refractivity contribution is -0.118. The number of hydrogen-bond acceptors (Lipinski definition) is 4. The summed E-state index contributed by atoms with van der Waals surface area (Å²) in [7, 11) is 1.99. The molecular formula is C20H27BrN2O3.